The van der Waals surface area contributed by atoms with Crippen LogP contribution in [0.2, 0.25) is 0 Å². The molecule has 0 unspecified atom stereocenters. The first-order valence-corrected chi connectivity index (χ1v) is 11.8. The molecule has 3 rings (SSSR count). The molecule has 1 heterocycles. The summed E-state index contributed by atoms with van der Waals surface area (Å²) < 4.78 is 17.4. The minimum atomic E-state index is -0.791. The van der Waals surface area contributed by atoms with Crippen LogP contribution in [0.15, 0.2) is 46.4 Å². The molecule has 182 valence electrons. The van der Waals surface area contributed by atoms with Gasteiger partial charge in [0, 0.05) is 0 Å². The maximum Gasteiger partial charge on any atom is 0.331 e. The van der Waals surface area contributed by atoms with Gasteiger partial charge in [-0.05, 0) is 70.7 Å². The summed E-state index contributed by atoms with van der Waals surface area (Å²) in [6, 6.07) is 9.45. The predicted molar refractivity (Wildman–Crippen MR) is 134 cm³/mol. The van der Waals surface area contributed by atoms with Crippen molar-refractivity contribution < 1.29 is 28.6 Å². The van der Waals surface area contributed by atoms with E-state index in [4.69, 9.17) is 20.6 Å². The van der Waals surface area contributed by atoms with Crippen LogP contribution in [0.4, 0.5) is 4.79 Å². The average Bonchev–Trinajstić information content (AvgIpc) is 2.83. The molecule has 0 radical (unpaired) electrons. The number of halogens is 1. The van der Waals surface area contributed by atoms with Gasteiger partial charge in [-0.25, -0.2) is 4.79 Å². The van der Waals surface area contributed by atoms with Gasteiger partial charge in [-0.1, -0.05) is 25.0 Å². The van der Waals surface area contributed by atoms with Crippen molar-refractivity contribution in [1.82, 2.24) is 10.2 Å². The molecule has 9 heteroatoms. The Labute approximate surface area is 212 Å². The fourth-order valence-corrected chi connectivity index (χ4v) is 3.79. The summed E-state index contributed by atoms with van der Waals surface area (Å²) in [6.07, 6.45) is 7.47. The molecule has 2 aromatic carbocycles. The van der Waals surface area contributed by atoms with Crippen LogP contribution in [0.3, 0.4) is 0 Å². The number of hydrogen-bond acceptors (Lipinski definition) is 6. The van der Waals surface area contributed by atoms with Gasteiger partial charge in [0.05, 0.1) is 24.2 Å². The first-order chi connectivity index (χ1) is 16.9. The number of benzene rings is 2. The third kappa shape index (κ3) is 6.43. The second kappa shape index (κ2) is 12.1. The van der Waals surface area contributed by atoms with E-state index in [1.807, 2.05) is 13.8 Å². The van der Waals surface area contributed by atoms with Crippen LogP contribution in [-0.2, 0) is 16.1 Å². The number of imide groups is 2. The molecule has 35 heavy (non-hydrogen) atoms. The Bertz CT molecular complexity index is 1200. The molecule has 0 saturated carbocycles. The van der Waals surface area contributed by atoms with Crippen LogP contribution >= 0.6 is 15.9 Å². The first kappa shape index (κ1) is 25.8. The number of carbonyl (C=O) groups excluding carboxylic acids is 3. The number of ether oxygens (including phenoxy) is 3. The van der Waals surface area contributed by atoms with E-state index >= 15 is 0 Å². The van der Waals surface area contributed by atoms with Crippen LogP contribution in [0.25, 0.3) is 6.08 Å². The molecule has 0 atom stereocenters. The number of terminal acetylenes is 1. The fourth-order valence-electron chi connectivity index (χ4n) is 3.28. The highest BCUT2D eigenvalue weighted by molar-refractivity contribution is 9.10. The molecule has 4 amide bonds. The Morgan fingerprint density at radius 3 is 2.49 bits per heavy atom. The van der Waals surface area contributed by atoms with E-state index in [0.717, 1.165) is 11.3 Å². The summed E-state index contributed by atoms with van der Waals surface area (Å²) >= 11 is 3.38. The smallest absolute Gasteiger partial charge is 0.331 e. The van der Waals surface area contributed by atoms with Gasteiger partial charge < -0.3 is 14.2 Å². The minimum absolute atomic E-state index is 0.0496. The van der Waals surface area contributed by atoms with Gasteiger partial charge in [0.15, 0.2) is 11.5 Å². The normalized spacial score (nSPS) is 14.5. The van der Waals surface area contributed by atoms with Crippen molar-refractivity contribution in [3.63, 3.8) is 0 Å². The highest BCUT2D eigenvalue weighted by Gasteiger charge is 2.35. The summed E-state index contributed by atoms with van der Waals surface area (Å²) in [5.41, 5.74) is 1.04. The van der Waals surface area contributed by atoms with Gasteiger partial charge in [0.1, 0.15) is 17.9 Å². The molecule has 1 aliphatic rings. The number of nitrogens with zero attached hydrogens (tertiary/aromatic N) is 1. The van der Waals surface area contributed by atoms with Crippen LogP contribution < -0.4 is 19.5 Å². The van der Waals surface area contributed by atoms with E-state index < -0.39 is 17.8 Å². The number of hydrogen-bond donors (Lipinski definition) is 1. The highest BCUT2D eigenvalue weighted by Crippen LogP contribution is 2.30. The summed E-state index contributed by atoms with van der Waals surface area (Å²) in [7, 11) is 0. The van der Waals surface area contributed by atoms with Gasteiger partial charge in [-0.2, -0.15) is 0 Å². The SMILES string of the molecule is C#CCOc1ccc(/C=C2\C(=O)NC(=O)N(Cc3ccc(OCCC)c(OCC)c3)C2=O)cc1Br. The molecule has 8 nitrogen and oxygen atoms in total. The molecule has 0 bridgehead atoms. The van der Waals surface area contributed by atoms with E-state index in [2.05, 4.69) is 27.2 Å². The van der Waals surface area contributed by atoms with Crippen LogP contribution in [0.5, 0.6) is 17.2 Å². The van der Waals surface area contributed by atoms with E-state index in [9.17, 15) is 14.4 Å². The average molecular weight is 541 g/mol. The minimum Gasteiger partial charge on any atom is -0.490 e. The van der Waals surface area contributed by atoms with Gasteiger partial charge in [-0.3, -0.25) is 19.8 Å². The molecular formula is C26H25BrN2O6. The summed E-state index contributed by atoms with van der Waals surface area (Å²) in [4.78, 5) is 39.0. The van der Waals surface area contributed by atoms with E-state index in [1.54, 1.807) is 36.4 Å². The zero-order valence-electron chi connectivity index (χ0n) is 19.4. The summed E-state index contributed by atoms with van der Waals surface area (Å²) in [5, 5.41) is 2.23. The lowest BCUT2D eigenvalue weighted by Gasteiger charge is -2.26. The van der Waals surface area contributed by atoms with Gasteiger partial charge in [-0.15, -0.1) is 6.42 Å². The van der Waals surface area contributed by atoms with Crippen molar-refractivity contribution in [2.75, 3.05) is 19.8 Å². The molecule has 1 aliphatic heterocycles. The monoisotopic (exact) mass is 540 g/mol. The molecule has 0 spiro atoms. The highest BCUT2D eigenvalue weighted by atomic mass is 79.9. The largest absolute Gasteiger partial charge is 0.490 e. The number of barbiturate groups is 1. The van der Waals surface area contributed by atoms with E-state index in [1.165, 1.54) is 6.08 Å². The van der Waals surface area contributed by atoms with Gasteiger partial charge in [0.2, 0.25) is 0 Å². The Morgan fingerprint density at radius 1 is 1.03 bits per heavy atom. The third-order valence-electron chi connectivity index (χ3n) is 4.87. The number of urea groups is 1. The second-order valence-electron chi connectivity index (χ2n) is 7.45. The first-order valence-electron chi connectivity index (χ1n) is 11.0. The quantitative estimate of drug-likeness (QED) is 0.274. The molecule has 1 N–H and O–H groups in total. The maximum absolute atomic E-state index is 13.1. The molecule has 0 aliphatic carbocycles. The summed E-state index contributed by atoms with van der Waals surface area (Å²) in [5.74, 6) is 2.55. The number of carbonyl (C=O) groups is 3. The Balaban J connectivity index is 1.84. The standard InChI is InChI=1S/C26H25BrN2O6/c1-4-11-34-21-9-7-17(14-20(21)27)13-19-24(30)28-26(32)29(25(19)31)16-18-8-10-22(35-12-5-2)23(15-18)33-6-3/h1,7-10,13-15H,5-6,11-12,16H2,2-3H3,(H,28,30,32)/b19-13+. The zero-order valence-corrected chi connectivity index (χ0v) is 21.0. The van der Waals surface area contributed by atoms with E-state index in [0.29, 0.717) is 46.1 Å². The summed E-state index contributed by atoms with van der Waals surface area (Å²) in [6.45, 7) is 4.88. The van der Waals surface area contributed by atoms with Crippen molar-refractivity contribution in [3.8, 4) is 29.6 Å². The number of amides is 4. The lowest BCUT2D eigenvalue weighted by atomic mass is 10.1. The lowest BCUT2D eigenvalue weighted by molar-refractivity contribution is -0.130. The molecule has 1 fully saturated rings. The molecule has 2 aromatic rings. The Morgan fingerprint density at radius 2 is 1.80 bits per heavy atom. The van der Waals surface area contributed by atoms with Crippen LogP contribution in [-0.4, -0.2) is 42.6 Å². The van der Waals surface area contributed by atoms with Crippen LogP contribution in [0, 0.1) is 12.3 Å². The van der Waals surface area contributed by atoms with E-state index in [-0.39, 0.29) is 18.7 Å². The van der Waals surface area contributed by atoms with Crippen LogP contribution in [0.1, 0.15) is 31.4 Å². The Kier molecular flexibility index (Phi) is 8.92. The van der Waals surface area contributed by atoms with Crippen molar-refractivity contribution in [3.05, 3.63) is 57.6 Å². The topological polar surface area (TPSA) is 94.2 Å². The van der Waals surface area contributed by atoms with Crippen molar-refractivity contribution >= 4 is 39.9 Å². The third-order valence-corrected chi connectivity index (χ3v) is 5.49. The van der Waals surface area contributed by atoms with Crippen molar-refractivity contribution in [2.24, 2.45) is 0 Å². The lowest BCUT2D eigenvalue weighted by Crippen LogP contribution is -2.53. The fraction of sp³-hybridized carbons (Fsp3) is 0.269. The predicted octanol–water partition coefficient (Wildman–Crippen LogP) is 4.31. The van der Waals surface area contributed by atoms with Crippen molar-refractivity contribution in [1.29, 1.82) is 0 Å². The molecular weight excluding hydrogens is 516 g/mol. The zero-order chi connectivity index (χ0) is 25.4. The molecule has 1 saturated heterocycles. The maximum atomic E-state index is 13.1. The van der Waals surface area contributed by atoms with Crippen molar-refractivity contribution in [2.45, 2.75) is 26.8 Å². The molecule has 0 aromatic heterocycles. The Hall–Kier alpha value is -3.77. The second-order valence-corrected chi connectivity index (χ2v) is 8.31. The van der Waals surface area contributed by atoms with Gasteiger partial charge >= 0.3 is 6.03 Å². The number of rotatable bonds is 10. The number of nitrogens with one attached hydrogen (secondary N) is 1. The van der Waals surface area contributed by atoms with Gasteiger partial charge in [0.25, 0.3) is 11.8 Å².